The quantitative estimate of drug-likeness (QED) is 0.209. The van der Waals surface area contributed by atoms with Crippen molar-refractivity contribution in [1.82, 2.24) is 4.57 Å². The van der Waals surface area contributed by atoms with E-state index in [0.29, 0.717) is 26.4 Å². The van der Waals surface area contributed by atoms with Crippen molar-refractivity contribution in [2.24, 2.45) is 4.99 Å². The number of methoxy groups -OCH3 is 1. The van der Waals surface area contributed by atoms with Gasteiger partial charge in [0.15, 0.2) is 4.80 Å². The molecule has 202 valence electrons. The molecule has 0 N–H and O–H groups in total. The van der Waals surface area contributed by atoms with Crippen LogP contribution in [0.15, 0.2) is 105 Å². The van der Waals surface area contributed by atoms with Crippen molar-refractivity contribution in [2.75, 3.05) is 7.11 Å². The summed E-state index contributed by atoms with van der Waals surface area (Å²) in [6, 6.07) is 25.7. The third kappa shape index (κ3) is 4.31. The number of thiazole rings is 1. The van der Waals surface area contributed by atoms with Crippen LogP contribution in [-0.2, 0) is 6.42 Å². The van der Waals surface area contributed by atoms with E-state index in [1.165, 1.54) is 29.0 Å². The molecular weight excluding hydrogens is 538 g/mol. The van der Waals surface area contributed by atoms with Crippen molar-refractivity contribution in [2.45, 2.75) is 18.9 Å². The van der Waals surface area contributed by atoms with E-state index in [1.54, 1.807) is 42.0 Å². The molecule has 2 aromatic heterocycles. The molecule has 3 heterocycles. The molecular formula is C32H23N3O5S. The fourth-order valence-corrected chi connectivity index (χ4v) is 6.58. The van der Waals surface area contributed by atoms with Gasteiger partial charge in [-0.1, -0.05) is 59.9 Å². The molecule has 1 aliphatic heterocycles. The normalized spacial score (nSPS) is 16.0. The van der Waals surface area contributed by atoms with Gasteiger partial charge in [-0.3, -0.25) is 19.5 Å². The van der Waals surface area contributed by atoms with Gasteiger partial charge in [0.25, 0.3) is 11.2 Å². The molecule has 1 atom stereocenters. The predicted octanol–water partition coefficient (Wildman–Crippen LogP) is 5.50. The first kappa shape index (κ1) is 25.0. The molecule has 0 fully saturated rings. The predicted molar refractivity (Wildman–Crippen MR) is 157 cm³/mol. The highest BCUT2D eigenvalue weighted by Crippen LogP contribution is 2.41. The van der Waals surface area contributed by atoms with E-state index in [9.17, 15) is 14.9 Å². The monoisotopic (exact) mass is 561 g/mol. The number of rotatable bonds is 5. The molecule has 0 unspecified atom stereocenters. The van der Waals surface area contributed by atoms with Gasteiger partial charge in [-0.25, -0.2) is 4.99 Å². The van der Waals surface area contributed by atoms with E-state index in [1.807, 2.05) is 36.4 Å². The van der Waals surface area contributed by atoms with Gasteiger partial charge in [0, 0.05) is 29.3 Å². The minimum atomic E-state index is -0.439. The summed E-state index contributed by atoms with van der Waals surface area (Å²) in [6.45, 7) is 0. The molecule has 41 heavy (non-hydrogen) atoms. The average molecular weight is 562 g/mol. The summed E-state index contributed by atoms with van der Waals surface area (Å²) in [5.41, 5.74) is 5.85. The number of nitro benzene ring substituents is 1. The van der Waals surface area contributed by atoms with Crippen LogP contribution in [0.5, 0.6) is 5.75 Å². The summed E-state index contributed by atoms with van der Waals surface area (Å²) < 4.78 is 13.7. The molecule has 3 aromatic carbocycles. The minimum Gasteiger partial charge on any atom is -0.497 e. The van der Waals surface area contributed by atoms with E-state index in [2.05, 4.69) is 12.1 Å². The molecule has 5 aromatic rings. The largest absolute Gasteiger partial charge is 0.497 e. The number of fused-ring (bicyclic) bond motifs is 3. The highest BCUT2D eigenvalue weighted by molar-refractivity contribution is 7.07. The Morgan fingerprint density at radius 2 is 1.88 bits per heavy atom. The molecule has 0 amide bonds. The Labute approximate surface area is 238 Å². The fourth-order valence-electron chi connectivity index (χ4n) is 5.60. The number of hydrogen-bond acceptors (Lipinski definition) is 7. The third-order valence-electron chi connectivity index (χ3n) is 7.55. The standard InChI is InChI=1S/C32H23N3O5S/c1-39-23-12-9-20(10-13-23)30-26-15-11-19-5-2-3-8-25(19)29(26)33-32-34(30)31(36)28(41-32)18-24-14-16-27(40-24)21-6-4-7-22(17-21)35(37)38/h2-10,12-14,16-18,30H,11,15H2,1H3/b28-18+/t30-/m0/s1. The second-order valence-electron chi connectivity index (χ2n) is 9.90. The van der Waals surface area contributed by atoms with Crippen molar-refractivity contribution in [1.29, 1.82) is 0 Å². The van der Waals surface area contributed by atoms with E-state index in [0.717, 1.165) is 41.0 Å². The Kier molecular flexibility index (Phi) is 6.01. The summed E-state index contributed by atoms with van der Waals surface area (Å²) >= 11 is 1.32. The van der Waals surface area contributed by atoms with Gasteiger partial charge in [0.1, 0.15) is 17.3 Å². The summed E-state index contributed by atoms with van der Waals surface area (Å²) in [4.78, 5) is 30.4. The molecule has 0 saturated heterocycles. The van der Waals surface area contributed by atoms with E-state index >= 15 is 0 Å². The van der Waals surface area contributed by atoms with E-state index in [-0.39, 0.29) is 17.3 Å². The van der Waals surface area contributed by atoms with Gasteiger partial charge in [-0.2, -0.15) is 0 Å². The van der Waals surface area contributed by atoms with Crippen LogP contribution in [0.1, 0.15) is 34.9 Å². The lowest BCUT2D eigenvalue weighted by atomic mass is 9.83. The van der Waals surface area contributed by atoms with Crippen molar-refractivity contribution in [3.8, 4) is 17.1 Å². The van der Waals surface area contributed by atoms with Crippen molar-refractivity contribution < 1.29 is 14.1 Å². The topological polar surface area (TPSA) is 99.9 Å². The number of aromatic nitrogens is 1. The number of hydrogen-bond donors (Lipinski definition) is 0. The van der Waals surface area contributed by atoms with Gasteiger partial charge in [-0.15, -0.1) is 0 Å². The number of allylic oxidation sites excluding steroid dienone is 1. The van der Waals surface area contributed by atoms with E-state index < -0.39 is 4.92 Å². The fraction of sp³-hybridized carbons (Fsp3) is 0.125. The first-order valence-electron chi connectivity index (χ1n) is 13.1. The Hall–Kier alpha value is -5.02. The van der Waals surface area contributed by atoms with Crippen LogP contribution in [0.2, 0.25) is 0 Å². The summed E-state index contributed by atoms with van der Waals surface area (Å²) in [7, 11) is 1.63. The van der Waals surface area contributed by atoms with Crippen LogP contribution in [0, 0.1) is 10.1 Å². The Balaban J connectivity index is 1.37. The number of aryl methyl sites for hydroxylation is 1. The molecule has 1 aliphatic carbocycles. The number of nitrogens with zero attached hydrogens (tertiary/aromatic N) is 3. The molecule has 8 nitrogen and oxygen atoms in total. The van der Waals surface area contributed by atoms with Crippen LogP contribution in [-0.4, -0.2) is 16.6 Å². The Morgan fingerprint density at radius 3 is 2.68 bits per heavy atom. The van der Waals surface area contributed by atoms with E-state index in [4.69, 9.17) is 14.1 Å². The van der Waals surface area contributed by atoms with Crippen LogP contribution < -0.4 is 19.6 Å². The lowest BCUT2D eigenvalue weighted by Gasteiger charge is -2.30. The molecule has 9 heteroatoms. The SMILES string of the molecule is COc1ccc([C@H]2C3=C(N=c4s/c(=C/c5ccc(-c6cccc([N+](=O)[O-])c6)o5)c(=O)n42)c2ccccc2CC3)cc1. The smallest absolute Gasteiger partial charge is 0.271 e. The maximum Gasteiger partial charge on any atom is 0.271 e. The molecule has 0 radical (unpaired) electrons. The number of furan rings is 1. The first-order chi connectivity index (χ1) is 20.0. The molecule has 7 rings (SSSR count). The number of benzene rings is 3. The molecule has 2 aliphatic rings. The van der Waals surface area contributed by atoms with Crippen molar-refractivity contribution in [3.63, 3.8) is 0 Å². The zero-order valence-electron chi connectivity index (χ0n) is 21.9. The maximum absolute atomic E-state index is 14.0. The lowest BCUT2D eigenvalue weighted by Crippen LogP contribution is -2.38. The highest BCUT2D eigenvalue weighted by Gasteiger charge is 2.32. The summed E-state index contributed by atoms with van der Waals surface area (Å²) in [5.74, 6) is 1.71. The van der Waals surface area contributed by atoms with Crippen molar-refractivity contribution in [3.05, 3.63) is 143 Å². The second-order valence-corrected chi connectivity index (χ2v) is 10.9. The maximum atomic E-state index is 14.0. The van der Waals surface area contributed by atoms with Gasteiger partial charge in [-0.05, 0) is 53.8 Å². The summed E-state index contributed by atoms with van der Waals surface area (Å²) in [5, 5.41) is 11.2. The van der Waals surface area contributed by atoms with Crippen LogP contribution in [0.25, 0.3) is 23.1 Å². The van der Waals surface area contributed by atoms with Gasteiger partial charge in [0.2, 0.25) is 0 Å². The number of non-ortho nitro benzene ring substituents is 1. The summed E-state index contributed by atoms with van der Waals surface area (Å²) in [6.07, 6.45) is 3.40. The van der Waals surface area contributed by atoms with Crippen LogP contribution in [0.3, 0.4) is 0 Å². The average Bonchev–Trinajstić information content (AvgIpc) is 3.60. The Morgan fingerprint density at radius 1 is 1.05 bits per heavy atom. The lowest BCUT2D eigenvalue weighted by molar-refractivity contribution is -0.384. The number of nitro groups is 1. The first-order valence-corrected chi connectivity index (χ1v) is 13.9. The van der Waals surface area contributed by atoms with Gasteiger partial charge < -0.3 is 9.15 Å². The molecule has 0 spiro atoms. The molecule has 0 saturated carbocycles. The van der Waals surface area contributed by atoms with Crippen molar-refractivity contribution >= 4 is 28.8 Å². The van der Waals surface area contributed by atoms with Crippen LogP contribution in [0.4, 0.5) is 5.69 Å². The number of ether oxygens (including phenoxy) is 1. The Bertz CT molecular complexity index is 2050. The van der Waals surface area contributed by atoms with Gasteiger partial charge >= 0.3 is 0 Å². The molecule has 0 bridgehead atoms. The van der Waals surface area contributed by atoms with Crippen LogP contribution >= 0.6 is 11.3 Å². The zero-order valence-corrected chi connectivity index (χ0v) is 22.8. The minimum absolute atomic E-state index is 0.0159. The third-order valence-corrected chi connectivity index (χ3v) is 8.53. The zero-order chi connectivity index (χ0) is 28.1. The second kappa shape index (κ2) is 9.87. The van der Waals surface area contributed by atoms with Gasteiger partial charge in [0.05, 0.1) is 28.3 Å². The highest BCUT2D eigenvalue weighted by atomic mass is 32.1.